The van der Waals surface area contributed by atoms with Crippen molar-refractivity contribution in [2.24, 2.45) is 0 Å². The van der Waals surface area contributed by atoms with Gasteiger partial charge < -0.3 is 0 Å². The second-order valence-electron chi connectivity index (χ2n) is 3.81. The van der Waals surface area contributed by atoms with Crippen molar-refractivity contribution in [1.29, 1.82) is 0 Å². The first-order valence-corrected chi connectivity index (χ1v) is 8.40. The Balaban J connectivity index is 0.000000162. The molecule has 0 unspecified atom stereocenters. The summed E-state index contributed by atoms with van der Waals surface area (Å²) in [7, 11) is 0. The van der Waals surface area contributed by atoms with E-state index in [9.17, 15) is 0 Å². The van der Waals surface area contributed by atoms with Gasteiger partial charge in [-0.1, -0.05) is 36.4 Å². The Kier molecular flexibility index (Phi) is 8.15. The van der Waals surface area contributed by atoms with Crippen molar-refractivity contribution >= 4 is 0 Å². The third-order valence-electron chi connectivity index (χ3n) is 2.38. The molecular weight excluding hydrogens is 301 g/mol. The van der Waals surface area contributed by atoms with E-state index in [0.717, 1.165) is 50.2 Å². The number of rotatable bonds is 1. The molecule has 1 heterocycles. The van der Waals surface area contributed by atoms with Gasteiger partial charge >= 0.3 is 83.8 Å². The maximum Gasteiger partial charge on any atom is -0.0623 e. The first kappa shape index (κ1) is 13.8. The van der Waals surface area contributed by atoms with Crippen LogP contribution in [-0.2, 0) is 0 Å². The molecule has 1 fully saturated rings. The van der Waals surface area contributed by atoms with Crippen LogP contribution in [0.3, 0.4) is 0 Å². The van der Waals surface area contributed by atoms with E-state index < -0.39 is 0 Å². The largest absolute Gasteiger partial charge is 0.0623 e. The summed E-state index contributed by atoms with van der Waals surface area (Å²) in [5.41, 5.74) is 0. The van der Waals surface area contributed by atoms with Crippen LogP contribution in [0.1, 0.15) is 13.8 Å². The minimum atomic E-state index is 0.771. The van der Waals surface area contributed by atoms with E-state index in [4.69, 9.17) is 0 Å². The maximum atomic E-state index is 2.58. The summed E-state index contributed by atoms with van der Waals surface area (Å²) in [4.78, 5) is 2.58. The first-order valence-electron chi connectivity index (χ1n) is 5.55. The van der Waals surface area contributed by atoms with Crippen LogP contribution in [0.4, 0.5) is 0 Å². The summed E-state index contributed by atoms with van der Waals surface area (Å²) in [6.07, 6.45) is 0. The Morgan fingerprint density at radius 2 is 1.27 bits per heavy atom. The normalized spacial score (nSPS) is 17.5. The zero-order chi connectivity index (χ0) is 10.9. The molecule has 15 heavy (non-hydrogen) atoms. The van der Waals surface area contributed by atoms with Gasteiger partial charge in [-0.25, -0.2) is 0 Å². The molecule has 86 valence electrons. The summed E-state index contributed by atoms with van der Waals surface area (Å²) in [6.45, 7) is 7.33. The molecule has 0 N–H and O–H groups in total. The first-order chi connectivity index (χ1) is 7.30. The van der Waals surface area contributed by atoms with Crippen molar-refractivity contribution < 1.29 is 44.2 Å². The summed E-state index contributed by atoms with van der Waals surface area (Å²) in [5, 5.41) is 0. The Labute approximate surface area is 119 Å². The smallest absolute Gasteiger partial charge is 0.0623 e. The van der Waals surface area contributed by atoms with Gasteiger partial charge in [-0.05, 0) is 0 Å². The summed E-state index contributed by atoms with van der Waals surface area (Å²) in [5.74, 6) is 0. The fraction of sp³-hybridized carbons (Fsp3) is 0.538. The van der Waals surface area contributed by atoms with Crippen molar-refractivity contribution in [2.75, 3.05) is 13.1 Å². The van der Waals surface area contributed by atoms with Gasteiger partial charge in [0.15, 0.2) is 0 Å². The van der Waals surface area contributed by atoms with Crippen LogP contribution in [0.15, 0.2) is 36.4 Å². The molecule has 1 saturated heterocycles. The molecule has 0 atom stereocenters. The quantitative estimate of drug-likeness (QED) is 0.767. The minimum Gasteiger partial charge on any atom is -0.0623 e. The van der Waals surface area contributed by atoms with Gasteiger partial charge in [-0.3, -0.25) is 0 Å². The molecule has 0 bridgehead atoms. The third-order valence-corrected chi connectivity index (χ3v) is 4.71. The van der Waals surface area contributed by atoms with Crippen LogP contribution in [0, 0.1) is 44.2 Å². The minimum absolute atomic E-state index is 0.771. The molecule has 0 spiro atoms. The fourth-order valence-corrected chi connectivity index (χ4v) is 3.72. The topological polar surface area (TPSA) is 3.24 Å². The van der Waals surface area contributed by atoms with Crippen LogP contribution in [0.5, 0.6) is 0 Å². The standard InChI is InChI=1S/C7H15NXe.C6H6/c1-7(2)8-3-5-9-6-4-8;1-2-4-6-5-3-1/h7H,3-6H2,1-2H3;1-6H. The van der Waals surface area contributed by atoms with E-state index in [1.807, 2.05) is 36.4 Å². The predicted molar refractivity (Wildman–Crippen MR) is 62.8 cm³/mol. The Morgan fingerprint density at radius 1 is 0.867 bits per heavy atom. The summed E-state index contributed by atoms with van der Waals surface area (Å²) in [6, 6.07) is 12.8. The molecule has 1 aliphatic rings. The van der Waals surface area contributed by atoms with E-state index in [0.29, 0.717) is 0 Å². The average Bonchev–Trinajstić information content (AvgIpc) is 2.33. The Bertz CT molecular complexity index is 203. The molecule has 0 aromatic heterocycles. The Morgan fingerprint density at radius 3 is 1.53 bits per heavy atom. The third kappa shape index (κ3) is 6.82. The molecule has 1 aliphatic heterocycles. The van der Waals surface area contributed by atoms with Crippen molar-refractivity contribution in [2.45, 2.75) is 21.7 Å². The zero-order valence-electron chi connectivity index (χ0n) is 9.67. The van der Waals surface area contributed by atoms with E-state index in [-0.39, 0.29) is 0 Å². The number of hydrogen-bond acceptors (Lipinski definition) is 1. The number of hydrogen-bond donors (Lipinski definition) is 0. The summed E-state index contributed by atoms with van der Waals surface area (Å²) < 4.78 is 3.01. The Hall–Kier alpha value is 0.751. The number of benzene rings is 1. The molecule has 0 radical (unpaired) electrons. The van der Waals surface area contributed by atoms with Crippen molar-refractivity contribution in [3.63, 3.8) is 0 Å². The monoisotopic (exact) mass is 323 g/mol. The van der Waals surface area contributed by atoms with Gasteiger partial charge in [0, 0.05) is 0 Å². The van der Waals surface area contributed by atoms with E-state index in [1.165, 1.54) is 14.9 Å². The van der Waals surface area contributed by atoms with Gasteiger partial charge in [-0.2, -0.15) is 0 Å². The van der Waals surface area contributed by atoms with Crippen molar-refractivity contribution in [3.05, 3.63) is 36.4 Å². The maximum absolute atomic E-state index is 2.58. The van der Waals surface area contributed by atoms with Crippen molar-refractivity contribution in [3.8, 4) is 0 Å². The SMILES string of the molecule is CC(C)N1CC[Xe]CC1.c1ccccc1. The molecule has 0 aliphatic carbocycles. The molecule has 1 nitrogen and oxygen atoms in total. The molecule has 0 amide bonds. The predicted octanol–water partition coefficient (Wildman–Crippen LogP) is 3.32. The van der Waals surface area contributed by atoms with Crippen LogP contribution < -0.4 is 0 Å². The van der Waals surface area contributed by atoms with E-state index >= 15 is 0 Å². The van der Waals surface area contributed by atoms with Crippen LogP contribution in [0.2, 0.25) is 1.78 Å². The second-order valence-corrected chi connectivity index (χ2v) is 6.84. The molecule has 2 rings (SSSR count). The van der Waals surface area contributed by atoms with Crippen LogP contribution >= 0.6 is 0 Å². The van der Waals surface area contributed by atoms with Gasteiger partial charge in [0.2, 0.25) is 0 Å². The summed E-state index contributed by atoms with van der Waals surface area (Å²) >= 11 is 0.771. The second kappa shape index (κ2) is 8.85. The van der Waals surface area contributed by atoms with Gasteiger partial charge in [0.05, 0.1) is 0 Å². The van der Waals surface area contributed by atoms with Gasteiger partial charge in [0.1, 0.15) is 0 Å². The molecule has 1 aromatic rings. The van der Waals surface area contributed by atoms with Gasteiger partial charge in [0.25, 0.3) is 0 Å². The van der Waals surface area contributed by atoms with Gasteiger partial charge in [-0.15, -0.1) is 0 Å². The number of nitrogens with zero attached hydrogens (tertiary/aromatic N) is 1. The molecule has 1 aromatic carbocycles. The van der Waals surface area contributed by atoms with E-state index in [1.54, 1.807) is 0 Å². The molecular formula is C13H21NXe. The van der Waals surface area contributed by atoms with E-state index in [2.05, 4.69) is 18.7 Å². The molecule has 0 saturated carbocycles. The van der Waals surface area contributed by atoms with Crippen molar-refractivity contribution in [1.82, 2.24) is 4.90 Å². The zero-order valence-corrected chi connectivity index (χ0v) is 11.7. The van der Waals surface area contributed by atoms with Crippen LogP contribution in [0.25, 0.3) is 0 Å². The van der Waals surface area contributed by atoms with Crippen LogP contribution in [-0.4, -0.2) is 24.0 Å². The molecule has 2 heteroatoms. The average molecular weight is 323 g/mol. The fourth-order valence-electron chi connectivity index (χ4n) is 1.42.